The number of rotatable bonds is 7. The highest BCUT2D eigenvalue weighted by Crippen LogP contribution is 2.42. The van der Waals surface area contributed by atoms with Gasteiger partial charge in [0, 0.05) is 17.1 Å². The van der Waals surface area contributed by atoms with Crippen LogP contribution in [0.2, 0.25) is 18.1 Å². The molecule has 0 aliphatic carbocycles. The molecule has 2 aromatic carbocycles. The summed E-state index contributed by atoms with van der Waals surface area (Å²) >= 11 is 3.64. The molecule has 4 rings (SSSR count). The minimum absolute atomic E-state index is 0.0441. The molecule has 1 saturated heterocycles. The number of benzene rings is 2. The van der Waals surface area contributed by atoms with Crippen molar-refractivity contribution in [3.05, 3.63) is 57.6 Å². The number of fused-ring (bicyclic) bond motifs is 1. The van der Waals surface area contributed by atoms with Gasteiger partial charge in [0.1, 0.15) is 37.6 Å². The average Bonchev–Trinajstić information content (AvgIpc) is 2.88. The Morgan fingerprint density at radius 3 is 2.34 bits per heavy atom. The smallest absolute Gasteiger partial charge is 0.224 e. The summed E-state index contributed by atoms with van der Waals surface area (Å²) in [7, 11) is -0.746. The minimum atomic E-state index is -2.17. The van der Waals surface area contributed by atoms with Gasteiger partial charge in [-0.2, -0.15) is 0 Å². The fourth-order valence-corrected chi connectivity index (χ4v) is 5.91. The SMILES string of the molecule is CO[C@@]1(c2ccc(Br)c(Cc3ccc4c(c3)OCCO4)c2)O[C@H](CO[Si](C)(C)C(C)(C)C)[C@@H](O)[C@H](O)[C@H]1O. The normalized spacial score (nSPS) is 27.8. The lowest BCUT2D eigenvalue weighted by Gasteiger charge is -2.49. The van der Waals surface area contributed by atoms with Crippen LogP contribution in [-0.2, 0) is 26.1 Å². The van der Waals surface area contributed by atoms with E-state index in [2.05, 4.69) is 49.8 Å². The molecular formula is C28H39BrO8Si. The predicted molar refractivity (Wildman–Crippen MR) is 149 cm³/mol. The average molecular weight is 612 g/mol. The van der Waals surface area contributed by atoms with E-state index in [9.17, 15) is 15.3 Å². The molecular weight excluding hydrogens is 572 g/mol. The van der Waals surface area contributed by atoms with Crippen molar-refractivity contribution in [1.82, 2.24) is 0 Å². The third-order valence-corrected chi connectivity index (χ3v) is 13.2. The number of methoxy groups -OCH3 is 1. The van der Waals surface area contributed by atoms with Gasteiger partial charge in [0.05, 0.1) is 6.61 Å². The van der Waals surface area contributed by atoms with E-state index in [4.69, 9.17) is 23.4 Å². The van der Waals surface area contributed by atoms with Gasteiger partial charge < -0.3 is 38.7 Å². The van der Waals surface area contributed by atoms with Crippen molar-refractivity contribution in [3.63, 3.8) is 0 Å². The minimum Gasteiger partial charge on any atom is -0.486 e. The summed E-state index contributed by atoms with van der Waals surface area (Å²) in [5.74, 6) is -0.270. The molecule has 5 atom stereocenters. The lowest BCUT2D eigenvalue weighted by atomic mass is 9.87. The summed E-state index contributed by atoms with van der Waals surface area (Å²) in [5.41, 5.74) is 2.45. The Hall–Kier alpha value is -1.50. The van der Waals surface area contributed by atoms with Crippen molar-refractivity contribution >= 4 is 24.2 Å². The molecule has 38 heavy (non-hydrogen) atoms. The molecule has 0 aromatic heterocycles. The molecule has 0 saturated carbocycles. The monoisotopic (exact) mass is 610 g/mol. The molecule has 0 unspecified atom stereocenters. The Morgan fingerprint density at radius 2 is 1.68 bits per heavy atom. The number of aliphatic hydroxyl groups is 3. The lowest BCUT2D eigenvalue weighted by molar-refractivity contribution is -0.365. The van der Waals surface area contributed by atoms with Crippen molar-refractivity contribution in [1.29, 1.82) is 0 Å². The number of halogens is 1. The zero-order valence-electron chi connectivity index (χ0n) is 22.9. The maximum absolute atomic E-state index is 11.1. The molecule has 2 aliphatic rings. The molecule has 0 amide bonds. The Morgan fingerprint density at radius 1 is 1.00 bits per heavy atom. The summed E-state index contributed by atoms with van der Waals surface area (Å²) in [6.07, 6.45) is -4.72. The van der Waals surface area contributed by atoms with Gasteiger partial charge in [-0.15, -0.1) is 0 Å². The van der Waals surface area contributed by atoms with Gasteiger partial charge in [-0.3, -0.25) is 0 Å². The number of ether oxygens (including phenoxy) is 4. The first-order chi connectivity index (χ1) is 17.8. The molecule has 10 heteroatoms. The van der Waals surface area contributed by atoms with Gasteiger partial charge in [-0.1, -0.05) is 48.8 Å². The van der Waals surface area contributed by atoms with E-state index in [0.717, 1.165) is 21.3 Å². The second-order valence-electron chi connectivity index (χ2n) is 11.5. The maximum atomic E-state index is 11.1. The van der Waals surface area contributed by atoms with E-state index in [1.807, 2.05) is 30.3 Å². The van der Waals surface area contributed by atoms with Gasteiger partial charge in [-0.05, 0) is 59.9 Å². The lowest BCUT2D eigenvalue weighted by Crippen LogP contribution is -2.64. The zero-order valence-corrected chi connectivity index (χ0v) is 25.4. The van der Waals surface area contributed by atoms with Crippen LogP contribution in [0.5, 0.6) is 11.5 Å². The van der Waals surface area contributed by atoms with E-state index < -0.39 is 38.5 Å². The Kier molecular flexibility index (Phi) is 8.67. The Labute approximate surface area is 234 Å². The van der Waals surface area contributed by atoms with Crippen molar-refractivity contribution in [3.8, 4) is 11.5 Å². The molecule has 1 fully saturated rings. The standard InChI is InChI=1S/C28H39BrO8Si/c1-27(2,3)38(5,6)36-16-23-24(30)25(31)26(32)28(33-4,37-23)19-8-9-20(29)18(15-19)13-17-7-10-21-22(14-17)35-12-11-34-21/h7-10,14-15,23-26,30-32H,11-13,16H2,1-6H3/t23-,24-,25+,26-,28+/m1/s1. The quantitative estimate of drug-likeness (QED) is 0.402. The molecule has 2 heterocycles. The molecule has 210 valence electrons. The van der Waals surface area contributed by atoms with E-state index in [0.29, 0.717) is 30.9 Å². The molecule has 2 aromatic rings. The van der Waals surface area contributed by atoms with Crippen LogP contribution in [0.3, 0.4) is 0 Å². The highest BCUT2D eigenvalue weighted by molar-refractivity contribution is 9.10. The van der Waals surface area contributed by atoms with E-state index >= 15 is 0 Å². The molecule has 0 radical (unpaired) electrons. The first-order valence-corrected chi connectivity index (χ1v) is 16.6. The molecule has 0 spiro atoms. The molecule has 3 N–H and O–H groups in total. The van der Waals surface area contributed by atoms with E-state index in [1.165, 1.54) is 7.11 Å². The van der Waals surface area contributed by atoms with Crippen LogP contribution < -0.4 is 9.47 Å². The zero-order chi connectivity index (χ0) is 27.9. The number of aliphatic hydroxyl groups excluding tert-OH is 3. The van der Waals surface area contributed by atoms with E-state index in [1.54, 1.807) is 6.07 Å². The van der Waals surface area contributed by atoms with Crippen LogP contribution in [-0.4, -0.2) is 75.0 Å². The largest absolute Gasteiger partial charge is 0.486 e. The second kappa shape index (κ2) is 11.2. The van der Waals surface area contributed by atoms with Crippen LogP contribution in [0, 0.1) is 0 Å². The van der Waals surface area contributed by atoms with Gasteiger partial charge in [-0.25, -0.2) is 0 Å². The van der Waals surface area contributed by atoms with Crippen LogP contribution >= 0.6 is 15.9 Å². The van der Waals surface area contributed by atoms with Crippen molar-refractivity contribution < 1.29 is 38.7 Å². The topological polar surface area (TPSA) is 107 Å². The third-order valence-electron chi connectivity index (χ3n) is 7.94. The number of hydrogen-bond donors (Lipinski definition) is 3. The van der Waals surface area contributed by atoms with Crippen LogP contribution in [0.15, 0.2) is 40.9 Å². The first kappa shape index (κ1) is 29.5. The third kappa shape index (κ3) is 5.69. The van der Waals surface area contributed by atoms with Gasteiger partial charge in [0.15, 0.2) is 19.8 Å². The number of hydrogen-bond acceptors (Lipinski definition) is 8. The summed E-state index contributed by atoms with van der Waals surface area (Å²) in [6, 6.07) is 11.4. The van der Waals surface area contributed by atoms with Gasteiger partial charge in [0.25, 0.3) is 0 Å². The maximum Gasteiger partial charge on any atom is 0.224 e. The Balaban J connectivity index is 1.63. The summed E-state index contributed by atoms with van der Waals surface area (Å²) in [4.78, 5) is 0. The highest BCUT2D eigenvalue weighted by Gasteiger charge is 2.55. The van der Waals surface area contributed by atoms with Gasteiger partial charge in [0.2, 0.25) is 5.79 Å². The first-order valence-electron chi connectivity index (χ1n) is 12.9. The predicted octanol–water partition coefficient (Wildman–Crippen LogP) is 4.11. The van der Waals surface area contributed by atoms with Crippen molar-refractivity contribution in [2.45, 2.75) is 75.5 Å². The summed E-state index contributed by atoms with van der Waals surface area (Å²) in [6.45, 7) is 11.7. The van der Waals surface area contributed by atoms with Crippen LogP contribution in [0.4, 0.5) is 0 Å². The van der Waals surface area contributed by atoms with Crippen LogP contribution in [0.1, 0.15) is 37.5 Å². The van der Waals surface area contributed by atoms with Gasteiger partial charge >= 0.3 is 0 Å². The van der Waals surface area contributed by atoms with E-state index in [-0.39, 0.29) is 11.6 Å². The highest BCUT2D eigenvalue weighted by atomic mass is 79.9. The molecule has 8 nitrogen and oxygen atoms in total. The molecule has 0 bridgehead atoms. The molecule has 2 aliphatic heterocycles. The van der Waals surface area contributed by atoms with Crippen LogP contribution in [0.25, 0.3) is 0 Å². The summed E-state index contributed by atoms with van der Waals surface area (Å²) in [5, 5.41) is 32.7. The Bertz CT molecular complexity index is 1140. The fraction of sp³-hybridized carbons (Fsp3) is 0.571. The summed E-state index contributed by atoms with van der Waals surface area (Å²) < 4.78 is 30.6. The van der Waals surface area contributed by atoms with Crippen molar-refractivity contribution in [2.75, 3.05) is 26.9 Å². The van der Waals surface area contributed by atoms with Crippen molar-refractivity contribution in [2.24, 2.45) is 0 Å². The fourth-order valence-electron chi connectivity index (χ4n) is 4.51. The second-order valence-corrected chi connectivity index (χ2v) is 17.1.